The van der Waals surface area contributed by atoms with E-state index in [1.807, 2.05) is 29.9 Å². The number of hydrogen-bond acceptors (Lipinski definition) is 3. The first-order valence-corrected chi connectivity index (χ1v) is 5.40. The van der Waals surface area contributed by atoms with Crippen molar-refractivity contribution in [1.82, 2.24) is 20.1 Å². The van der Waals surface area contributed by atoms with Gasteiger partial charge in [-0.3, -0.25) is 9.67 Å². The van der Waals surface area contributed by atoms with Gasteiger partial charge in [0.05, 0.1) is 11.4 Å². The molecular formula is C13H14N4. The van der Waals surface area contributed by atoms with E-state index in [0.717, 1.165) is 23.5 Å². The fraction of sp³-hybridized carbons (Fsp3) is 0.231. The van der Waals surface area contributed by atoms with Gasteiger partial charge in [-0.1, -0.05) is 5.92 Å². The molecule has 0 atom stereocenters. The summed E-state index contributed by atoms with van der Waals surface area (Å²) in [6.07, 6.45) is 8.85. The minimum Gasteiger partial charge on any atom is -0.314 e. The maximum Gasteiger partial charge on any atom is 0.102 e. The van der Waals surface area contributed by atoms with Gasteiger partial charge in [0.1, 0.15) is 6.54 Å². The van der Waals surface area contributed by atoms with Crippen LogP contribution in [0.3, 0.4) is 0 Å². The predicted molar refractivity (Wildman–Crippen MR) is 67.1 cm³/mol. The summed E-state index contributed by atoms with van der Waals surface area (Å²) in [5, 5.41) is 7.60. The summed E-state index contributed by atoms with van der Waals surface area (Å²) < 4.78 is 1.84. The van der Waals surface area contributed by atoms with Crippen LogP contribution in [-0.4, -0.2) is 21.8 Å². The van der Waals surface area contributed by atoms with Crippen LogP contribution in [0.25, 0.3) is 11.3 Å². The number of nitrogens with one attached hydrogen (secondary N) is 1. The Balaban J connectivity index is 2.37. The van der Waals surface area contributed by atoms with Gasteiger partial charge in [0.2, 0.25) is 0 Å². The van der Waals surface area contributed by atoms with Crippen molar-refractivity contribution in [1.29, 1.82) is 0 Å². The summed E-state index contributed by atoms with van der Waals surface area (Å²) in [7, 11) is 1.90. The van der Waals surface area contributed by atoms with Crippen LogP contribution < -0.4 is 5.32 Å². The van der Waals surface area contributed by atoms with Crippen molar-refractivity contribution >= 4 is 0 Å². The number of pyridine rings is 1. The summed E-state index contributed by atoms with van der Waals surface area (Å²) in [5.41, 5.74) is 3.05. The lowest BCUT2D eigenvalue weighted by Crippen LogP contribution is -2.11. The van der Waals surface area contributed by atoms with Crippen molar-refractivity contribution in [3.05, 3.63) is 36.3 Å². The molecule has 0 aliphatic heterocycles. The van der Waals surface area contributed by atoms with E-state index < -0.39 is 0 Å². The molecule has 2 aromatic heterocycles. The molecule has 0 aliphatic carbocycles. The fourth-order valence-electron chi connectivity index (χ4n) is 1.67. The van der Waals surface area contributed by atoms with Gasteiger partial charge >= 0.3 is 0 Å². The largest absolute Gasteiger partial charge is 0.314 e. The van der Waals surface area contributed by atoms with Crippen molar-refractivity contribution in [2.45, 2.75) is 13.1 Å². The first-order valence-electron chi connectivity index (χ1n) is 5.40. The highest BCUT2D eigenvalue weighted by molar-refractivity contribution is 5.58. The second-order valence-electron chi connectivity index (χ2n) is 3.65. The van der Waals surface area contributed by atoms with Crippen molar-refractivity contribution in [3.63, 3.8) is 0 Å². The van der Waals surface area contributed by atoms with Gasteiger partial charge in [-0.15, -0.1) is 6.42 Å². The zero-order valence-corrected chi connectivity index (χ0v) is 9.72. The van der Waals surface area contributed by atoms with Gasteiger partial charge in [0.25, 0.3) is 0 Å². The molecule has 0 radical (unpaired) electrons. The highest BCUT2D eigenvalue weighted by atomic mass is 15.3. The number of aromatic nitrogens is 3. The Kier molecular flexibility index (Phi) is 3.53. The van der Waals surface area contributed by atoms with E-state index in [4.69, 9.17) is 6.42 Å². The number of hydrogen-bond donors (Lipinski definition) is 1. The molecule has 0 aliphatic rings. The first kappa shape index (κ1) is 11.4. The van der Waals surface area contributed by atoms with Crippen LogP contribution in [0.15, 0.2) is 30.6 Å². The molecule has 0 amide bonds. The molecule has 0 bridgehead atoms. The average molecular weight is 226 g/mol. The lowest BCUT2D eigenvalue weighted by molar-refractivity contribution is 0.642. The van der Waals surface area contributed by atoms with Crippen molar-refractivity contribution < 1.29 is 0 Å². The molecule has 0 fully saturated rings. The van der Waals surface area contributed by atoms with E-state index in [9.17, 15) is 0 Å². The average Bonchev–Trinajstić information content (AvgIpc) is 2.75. The van der Waals surface area contributed by atoms with Gasteiger partial charge in [0.15, 0.2) is 0 Å². The number of nitrogens with zero attached hydrogens (tertiary/aromatic N) is 3. The van der Waals surface area contributed by atoms with Crippen molar-refractivity contribution in [2.75, 3.05) is 7.05 Å². The van der Waals surface area contributed by atoms with E-state index >= 15 is 0 Å². The van der Waals surface area contributed by atoms with Gasteiger partial charge in [-0.2, -0.15) is 5.10 Å². The molecule has 0 spiro atoms. The maximum atomic E-state index is 5.33. The molecule has 2 aromatic rings. The predicted octanol–water partition coefficient (Wildman–Crippen LogP) is 1.30. The van der Waals surface area contributed by atoms with Crippen LogP contribution in [0.2, 0.25) is 0 Å². The minimum atomic E-state index is 0.488. The second-order valence-corrected chi connectivity index (χ2v) is 3.65. The van der Waals surface area contributed by atoms with E-state index in [1.165, 1.54) is 0 Å². The van der Waals surface area contributed by atoms with E-state index in [-0.39, 0.29) is 0 Å². The summed E-state index contributed by atoms with van der Waals surface area (Å²) in [6, 6.07) is 5.92. The van der Waals surface area contributed by atoms with Gasteiger partial charge in [-0.05, 0) is 25.2 Å². The zero-order valence-electron chi connectivity index (χ0n) is 9.72. The fourth-order valence-corrected chi connectivity index (χ4v) is 1.67. The molecule has 0 unspecified atom stereocenters. The van der Waals surface area contributed by atoms with E-state index in [2.05, 4.69) is 21.3 Å². The summed E-state index contributed by atoms with van der Waals surface area (Å²) in [4.78, 5) is 3.99. The standard InChI is InChI=1S/C13H14N4/c1-3-8-17-12(10-14-2)9-13(16-17)11-4-6-15-7-5-11/h1,4-7,9,14H,8,10H2,2H3. The Hall–Kier alpha value is -2.12. The number of terminal acetylenes is 1. The Morgan fingerprint density at radius 3 is 2.82 bits per heavy atom. The maximum absolute atomic E-state index is 5.33. The lowest BCUT2D eigenvalue weighted by Gasteiger charge is -2.01. The van der Waals surface area contributed by atoms with Crippen LogP contribution in [-0.2, 0) is 13.1 Å². The molecule has 1 N–H and O–H groups in total. The van der Waals surface area contributed by atoms with Crippen LogP contribution in [0.4, 0.5) is 0 Å². The van der Waals surface area contributed by atoms with Gasteiger partial charge in [0, 0.05) is 24.5 Å². The Morgan fingerprint density at radius 2 is 2.18 bits per heavy atom. The monoisotopic (exact) mass is 226 g/mol. The van der Waals surface area contributed by atoms with Crippen LogP contribution >= 0.6 is 0 Å². The van der Waals surface area contributed by atoms with E-state index in [0.29, 0.717) is 6.54 Å². The van der Waals surface area contributed by atoms with Gasteiger partial charge in [-0.25, -0.2) is 0 Å². The topological polar surface area (TPSA) is 42.7 Å². The third-order valence-electron chi connectivity index (χ3n) is 2.44. The molecule has 4 nitrogen and oxygen atoms in total. The Bertz CT molecular complexity index is 522. The smallest absolute Gasteiger partial charge is 0.102 e. The highest BCUT2D eigenvalue weighted by Crippen LogP contribution is 2.18. The summed E-state index contributed by atoms with van der Waals surface area (Å²) in [6.45, 7) is 1.24. The molecule has 2 heterocycles. The summed E-state index contributed by atoms with van der Waals surface area (Å²) >= 11 is 0. The molecular weight excluding hydrogens is 212 g/mol. The lowest BCUT2D eigenvalue weighted by atomic mass is 10.2. The molecule has 4 heteroatoms. The van der Waals surface area contributed by atoms with Gasteiger partial charge < -0.3 is 5.32 Å². The Morgan fingerprint density at radius 1 is 1.41 bits per heavy atom. The highest BCUT2D eigenvalue weighted by Gasteiger charge is 2.07. The molecule has 86 valence electrons. The van der Waals surface area contributed by atoms with Crippen molar-refractivity contribution in [3.8, 4) is 23.6 Å². The molecule has 17 heavy (non-hydrogen) atoms. The second kappa shape index (κ2) is 5.28. The normalized spacial score (nSPS) is 10.1. The third-order valence-corrected chi connectivity index (χ3v) is 2.44. The molecule has 0 aromatic carbocycles. The zero-order chi connectivity index (χ0) is 12.1. The molecule has 2 rings (SSSR count). The SMILES string of the molecule is C#CCn1nc(-c2ccncc2)cc1CNC. The van der Waals surface area contributed by atoms with Crippen LogP contribution in [0, 0.1) is 12.3 Å². The number of rotatable bonds is 4. The van der Waals surface area contributed by atoms with Crippen LogP contribution in [0.1, 0.15) is 5.69 Å². The molecule has 0 saturated carbocycles. The quantitative estimate of drug-likeness (QED) is 0.799. The van der Waals surface area contributed by atoms with Crippen molar-refractivity contribution in [2.24, 2.45) is 0 Å². The molecule has 0 saturated heterocycles. The Labute approximate surface area is 101 Å². The van der Waals surface area contributed by atoms with Crippen LogP contribution in [0.5, 0.6) is 0 Å². The first-order chi connectivity index (χ1) is 8.35. The summed E-state index contributed by atoms with van der Waals surface area (Å²) in [5.74, 6) is 2.61. The third kappa shape index (κ3) is 2.52. The minimum absolute atomic E-state index is 0.488. The van der Waals surface area contributed by atoms with E-state index in [1.54, 1.807) is 12.4 Å².